The first-order valence-corrected chi connectivity index (χ1v) is 9.04. The number of carbonyl (C=O) groups is 1. The highest BCUT2D eigenvalue weighted by Crippen LogP contribution is 2.30. The summed E-state index contributed by atoms with van der Waals surface area (Å²) < 4.78 is 0. The zero-order valence-corrected chi connectivity index (χ0v) is 16.0. The summed E-state index contributed by atoms with van der Waals surface area (Å²) in [4.78, 5) is 22.3. The molecule has 0 unspecified atom stereocenters. The topological polar surface area (TPSA) is 54.9 Å². The van der Waals surface area contributed by atoms with Crippen molar-refractivity contribution >= 4 is 34.5 Å². The first-order valence-electron chi connectivity index (χ1n) is 7.84. The average Bonchev–Trinajstić information content (AvgIpc) is 2.93. The molecule has 0 aliphatic rings. The Balaban J connectivity index is 1.91. The third-order valence-electron chi connectivity index (χ3n) is 3.84. The summed E-state index contributed by atoms with van der Waals surface area (Å²) in [7, 11) is 0. The van der Waals surface area contributed by atoms with Crippen molar-refractivity contribution in [2.45, 2.75) is 27.7 Å². The highest BCUT2D eigenvalue weighted by molar-refractivity contribution is 7.17. The molecule has 128 valence electrons. The minimum absolute atomic E-state index is 0.167. The summed E-state index contributed by atoms with van der Waals surface area (Å²) in [6.45, 7) is 7.64. The van der Waals surface area contributed by atoms with Gasteiger partial charge in [0, 0.05) is 16.3 Å². The number of nitrogens with one attached hydrogen (secondary N) is 1. The normalized spacial score (nSPS) is 10.8. The average molecular weight is 372 g/mol. The van der Waals surface area contributed by atoms with Crippen LogP contribution in [-0.4, -0.2) is 15.9 Å². The molecular weight excluding hydrogens is 354 g/mol. The molecule has 0 saturated carbocycles. The Hall–Kier alpha value is -2.24. The van der Waals surface area contributed by atoms with Gasteiger partial charge in [-0.1, -0.05) is 23.7 Å². The molecule has 0 radical (unpaired) electrons. The third kappa shape index (κ3) is 3.72. The van der Waals surface area contributed by atoms with Gasteiger partial charge in [-0.05, 0) is 51.5 Å². The van der Waals surface area contributed by atoms with Crippen molar-refractivity contribution in [3.05, 3.63) is 62.9 Å². The fourth-order valence-electron chi connectivity index (χ4n) is 2.73. The third-order valence-corrected chi connectivity index (χ3v) is 5.28. The molecule has 0 saturated heterocycles. The second-order valence-electron chi connectivity index (χ2n) is 5.94. The van der Waals surface area contributed by atoms with E-state index in [2.05, 4.69) is 15.3 Å². The number of rotatable bonds is 3. The molecular formula is C19H18ClN3OS. The van der Waals surface area contributed by atoms with Crippen LogP contribution in [0.2, 0.25) is 5.02 Å². The number of aryl methyl sites for hydroxylation is 4. The highest BCUT2D eigenvalue weighted by atomic mass is 35.5. The Bertz CT molecular complexity index is 942. The summed E-state index contributed by atoms with van der Waals surface area (Å²) in [6, 6.07) is 9.43. The lowest BCUT2D eigenvalue weighted by Gasteiger charge is -2.11. The molecule has 1 N–H and O–H groups in total. The van der Waals surface area contributed by atoms with Crippen LogP contribution in [0.5, 0.6) is 0 Å². The van der Waals surface area contributed by atoms with E-state index in [9.17, 15) is 4.79 Å². The molecule has 3 aromatic rings. The highest BCUT2D eigenvalue weighted by Gasteiger charge is 2.18. The van der Waals surface area contributed by atoms with Crippen molar-refractivity contribution in [2.75, 3.05) is 5.32 Å². The zero-order chi connectivity index (χ0) is 18.1. The van der Waals surface area contributed by atoms with E-state index >= 15 is 0 Å². The number of halogens is 1. The SMILES string of the molecule is Cc1cc(C)c(NC(=O)c2sc(-c3cccc(Cl)c3)nc2C)c(C)n1. The molecule has 25 heavy (non-hydrogen) atoms. The molecule has 0 aliphatic heterocycles. The van der Waals surface area contributed by atoms with Crippen molar-refractivity contribution in [2.24, 2.45) is 0 Å². The lowest BCUT2D eigenvalue weighted by atomic mass is 10.1. The zero-order valence-electron chi connectivity index (χ0n) is 14.5. The molecule has 4 nitrogen and oxygen atoms in total. The van der Waals surface area contributed by atoms with E-state index in [1.54, 1.807) is 0 Å². The molecule has 0 aliphatic carbocycles. The van der Waals surface area contributed by atoms with Gasteiger partial charge in [0.1, 0.15) is 9.88 Å². The van der Waals surface area contributed by atoms with Gasteiger partial charge < -0.3 is 5.32 Å². The van der Waals surface area contributed by atoms with Crippen LogP contribution in [0.4, 0.5) is 5.69 Å². The predicted molar refractivity (Wildman–Crippen MR) is 104 cm³/mol. The number of pyridine rings is 1. The van der Waals surface area contributed by atoms with Gasteiger partial charge in [0.2, 0.25) is 0 Å². The van der Waals surface area contributed by atoms with Crippen LogP contribution < -0.4 is 5.32 Å². The number of thiazole rings is 1. The molecule has 0 fully saturated rings. The molecule has 1 amide bonds. The van der Waals surface area contributed by atoms with Crippen LogP contribution in [0.3, 0.4) is 0 Å². The summed E-state index contributed by atoms with van der Waals surface area (Å²) in [5, 5.41) is 4.41. The van der Waals surface area contributed by atoms with Gasteiger partial charge in [0.25, 0.3) is 5.91 Å². The van der Waals surface area contributed by atoms with Crippen LogP contribution in [0.15, 0.2) is 30.3 Å². The Labute approximate surface area is 155 Å². The van der Waals surface area contributed by atoms with E-state index in [-0.39, 0.29) is 5.91 Å². The number of carbonyl (C=O) groups excluding carboxylic acids is 1. The minimum atomic E-state index is -0.167. The van der Waals surface area contributed by atoms with Crippen LogP contribution in [-0.2, 0) is 0 Å². The van der Waals surface area contributed by atoms with Crippen LogP contribution in [0.25, 0.3) is 10.6 Å². The van der Waals surface area contributed by atoms with Gasteiger partial charge in [-0.2, -0.15) is 0 Å². The van der Waals surface area contributed by atoms with E-state index in [4.69, 9.17) is 11.6 Å². The monoisotopic (exact) mass is 371 g/mol. The second-order valence-corrected chi connectivity index (χ2v) is 7.37. The van der Waals surface area contributed by atoms with Crippen molar-refractivity contribution in [1.29, 1.82) is 0 Å². The fraction of sp³-hybridized carbons (Fsp3) is 0.211. The van der Waals surface area contributed by atoms with Crippen LogP contribution in [0, 0.1) is 27.7 Å². The van der Waals surface area contributed by atoms with Crippen LogP contribution >= 0.6 is 22.9 Å². The van der Waals surface area contributed by atoms with Gasteiger partial charge in [-0.15, -0.1) is 11.3 Å². The Morgan fingerprint density at radius 2 is 1.84 bits per heavy atom. The molecule has 2 aromatic heterocycles. The number of benzene rings is 1. The van der Waals surface area contributed by atoms with E-state index < -0.39 is 0 Å². The quantitative estimate of drug-likeness (QED) is 0.675. The van der Waals surface area contributed by atoms with E-state index in [1.165, 1.54) is 11.3 Å². The standard InChI is InChI=1S/C19H18ClN3OS/c1-10-8-11(2)21-12(3)16(10)23-18(24)17-13(4)22-19(25-17)14-6-5-7-15(20)9-14/h5-9H,1-4H3,(H,23,24). The van der Waals surface area contributed by atoms with E-state index in [0.717, 1.165) is 33.2 Å². The Morgan fingerprint density at radius 3 is 2.52 bits per heavy atom. The fourth-order valence-corrected chi connectivity index (χ4v) is 3.88. The van der Waals surface area contributed by atoms with Crippen molar-refractivity contribution in [1.82, 2.24) is 9.97 Å². The van der Waals surface area contributed by atoms with E-state index in [1.807, 2.05) is 58.0 Å². The van der Waals surface area contributed by atoms with E-state index in [0.29, 0.717) is 15.6 Å². The molecule has 1 aromatic carbocycles. The maximum atomic E-state index is 12.7. The number of nitrogens with zero attached hydrogens (tertiary/aromatic N) is 2. The Kier molecular flexibility index (Phi) is 4.88. The van der Waals surface area contributed by atoms with Gasteiger partial charge >= 0.3 is 0 Å². The van der Waals surface area contributed by atoms with Crippen molar-refractivity contribution < 1.29 is 4.79 Å². The number of aromatic nitrogens is 2. The van der Waals surface area contributed by atoms with Gasteiger partial charge in [-0.3, -0.25) is 9.78 Å². The number of anilines is 1. The summed E-state index contributed by atoms with van der Waals surface area (Å²) in [5.41, 5.74) is 5.11. The van der Waals surface area contributed by atoms with Crippen molar-refractivity contribution in [3.8, 4) is 10.6 Å². The number of hydrogen-bond donors (Lipinski definition) is 1. The lowest BCUT2D eigenvalue weighted by Crippen LogP contribution is -2.14. The first kappa shape index (κ1) is 17.6. The molecule has 6 heteroatoms. The van der Waals surface area contributed by atoms with Crippen molar-refractivity contribution in [3.63, 3.8) is 0 Å². The molecule has 3 rings (SSSR count). The van der Waals surface area contributed by atoms with Gasteiger partial charge in [0.05, 0.1) is 17.1 Å². The first-order chi connectivity index (χ1) is 11.8. The van der Waals surface area contributed by atoms with Gasteiger partial charge in [0.15, 0.2) is 0 Å². The molecule has 2 heterocycles. The van der Waals surface area contributed by atoms with Gasteiger partial charge in [-0.25, -0.2) is 4.98 Å². The largest absolute Gasteiger partial charge is 0.319 e. The lowest BCUT2D eigenvalue weighted by molar-refractivity contribution is 0.102. The van der Waals surface area contributed by atoms with Crippen LogP contribution in [0.1, 0.15) is 32.3 Å². The molecule has 0 spiro atoms. The summed E-state index contributed by atoms with van der Waals surface area (Å²) in [6.07, 6.45) is 0. The summed E-state index contributed by atoms with van der Waals surface area (Å²) in [5.74, 6) is -0.167. The molecule has 0 bridgehead atoms. The number of hydrogen-bond acceptors (Lipinski definition) is 4. The predicted octanol–water partition coefficient (Wildman–Crippen LogP) is 5.34. The maximum Gasteiger partial charge on any atom is 0.267 e. The maximum absolute atomic E-state index is 12.7. The second kappa shape index (κ2) is 6.94. The minimum Gasteiger partial charge on any atom is -0.319 e. The molecule has 0 atom stereocenters. The summed E-state index contributed by atoms with van der Waals surface area (Å²) >= 11 is 7.41. The Morgan fingerprint density at radius 1 is 1.08 bits per heavy atom. The smallest absolute Gasteiger partial charge is 0.267 e. The number of amides is 1.